The molecule has 0 aliphatic carbocycles. The first-order valence-electron chi connectivity index (χ1n) is 7.08. The van der Waals surface area contributed by atoms with Gasteiger partial charge in [0.2, 0.25) is 0 Å². The molecule has 1 atom stereocenters. The van der Waals surface area contributed by atoms with E-state index < -0.39 is 6.29 Å². The van der Waals surface area contributed by atoms with E-state index in [1.54, 1.807) is 0 Å². The van der Waals surface area contributed by atoms with Crippen molar-refractivity contribution in [2.45, 2.75) is 84.3 Å². The van der Waals surface area contributed by atoms with Gasteiger partial charge in [-0.05, 0) is 12.8 Å². The number of hydrogen-bond donors (Lipinski definition) is 2. The van der Waals surface area contributed by atoms with E-state index in [0.717, 1.165) is 19.3 Å². The summed E-state index contributed by atoms with van der Waals surface area (Å²) in [4.78, 5) is 0. The van der Waals surface area contributed by atoms with Gasteiger partial charge in [-0.3, -0.25) is 0 Å². The zero-order valence-corrected chi connectivity index (χ0v) is 11.1. The Bertz CT molecular complexity index is 135. The molecule has 0 aliphatic rings. The van der Waals surface area contributed by atoms with Gasteiger partial charge in [-0.25, -0.2) is 0 Å². The minimum Gasteiger partial charge on any atom is -0.368 e. The van der Waals surface area contributed by atoms with Crippen molar-refractivity contribution in [1.82, 2.24) is 0 Å². The second-order valence-corrected chi connectivity index (χ2v) is 4.85. The molecule has 0 aromatic carbocycles. The highest BCUT2D eigenvalue weighted by Gasteiger charge is 2.13. The van der Waals surface area contributed by atoms with Crippen molar-refractivity contribution in [3.63, 3.8) is 0 Å². The lowest BCUT2D eigenvalue weighted by Gasteiger charge is -2.16. The van der Waals surface area contributed by atoms with Gasteiger partial charge in [0.1, 0.15) is 0 Å². The molecule has 0 aliphatic heterocycles. The minimum absolute atomic E-state index is 0.0834. The molecule has 0 heterocycles. The van der Waals surface area contributed by atoms with E-state index >= 15 is 0 Å². The molecule has 0 fully saturated rings. The lowest BCUT2D eigenvalue weighted by molar-refractivity contribution is -0.0871. The Morgan fingerprint density at radius 3 is 1.69 bits per heavy atom. The van der Waals surface area contributed by atoms with Gasteiger partial charge in [-0.2, -0.15) is 0 Å². The number of hydrogen-bond acceptors (Lipinski definition) is 2. The molecule has 0 spiro atoms. The van der Waals surface area contributed by atoms with E-state index in [9.17, 15) is 0 Å². The SMILES string of the molecule is CCCCCCCCCC[C@H](CC)C(O)O. The van der Waals surface area contributed by atoms with Gasteiger partial charge in [0.05, 0.1) is 0 Å². The average molecular weight is 230 g/mol. The molecule has 0 saturated heterocycles. The first-order valence-corrected chi connectivity index (χ1v) is 7.08. The zero-order chi connectivity index (χ0) is 12.2. The van der Waals surface area contributed by atoms with E-state index in [1.807, 2.05) is 6.92 Å². The van der Waals surface area contributed by atoms with Crippen LogP contribution in [0.25, 0.3) is 0 Å². The molecule has 2 nitrogen and oxygen atoms in total. The lowest BCUT2D eigenvalue weighted by atomic mass is 9.97. The molecule has 2 N–H and O–H groups in total. The van der Waals surface area contributed by atoms with Crippen LogP contribution in [0.5, 0.6) is 0 Å². The normalized spacial score (nSPS) is 13.3. The molecule has 0 aromatic heterocycles. The summed E-state index contributed by atoms with van der Waals surface area (Å²) in [6.45, 7) is 4.26. The van der Waals surface area contributed by atoms with Crippen molar-refractivity contribution in [1.29, 1.82) is 0 Å². The van der Waals surface area contributed by atoms with Crippen molar-refractivity contribution in [3.05, 3.63) is 0 Å². The molecule has 0 unspecified atom stereocenters. The largest absolute Gasteiger partial charge is 0.368 e. The van der Waals surface area contributed by atoms with Crippen molar-refractivity contribution in [2.75, 3.05) is 0 Å². The van der Waals surface area contributed by atoms with Crippen LogP contribution in [0, 0.1) is 5.92 Å². The molecule has 0 bridgehead atoms. The van der Waals surface area contributed by atoms with Crippen LogP contribution in [0.2, 0.25) is 0 Å². The quantitative estimate of drug-likeness (QED) is 0.418. The monoisotopic (exact) mass is 230 g/mol. The molecule has 0 amide bonds. The maximum absolute atomic E-state index is 9.07. The van der Waals surface area contributed by atoms with Crippen molar-refractivity contribution < 1.29 is 10.2 Å². The fourth-order valence-electron chi connectivity index (χ4n) is 2.10. The number of unbranched alkanes of at least 4 members (excludes halogenated alkanes) is 7. The van der Waals surface area contributed by atoms with Gasteiger partial charge in [-0.15, -0.1) is 0 Å². The highest BCUT2D eigenvalue weighted by Crippen LogP contribution is 2.17. The molecule has 0 aromatic rings. The van der Waals surface area contributed by atoms with Crippen LogP contribution < -0.4 is 0 Å². The Morgan fingerprint density at radius 2 is 1.25 bits per heavy atom. The Balaban J connectivity index is 3.19. The highest BCUT2D eigenvalue weighted by molar-refractivity contribution is 4.59. The molecule has 98 valence electrons. The van der Waals surface area contributed by atoms with Crippen molar-refractivity contribution in [2.24, 2.45) is 5.92 Å². The maximum atomic E-state index is 9.07. The van der Waals surface area contributed by atoms with E-state index in [1.165, 1.54) is 44.9 Å². The van der Waals surface area contributed by atoms with Crippen LogP contribution in [-0.4, -0.2) is 16.5 Å². The predicted molar refractivity (Wildman–Crippen MR) is 69.2 cm³/mol. The van der Waals surface area contributed by atoms with E-state index in [0.29, 0.717) is 0 Å². The van der Waals surface area contributed by atoms with Gasteiger partial charge in [-0.1, -0.05) is 65.2 Å². The fraction of sp³-hybridized carbons (Fsp3) is 1.00. The van der Waals surface area contributed by atoms with Crippen LogP contribution in [0.4, 0.5) is 0 Å². The molecule has 16 heavy (non-hydrogen) atoms. The first kappa shape index (κ1) is 15.9. The third-order valence-corrected chi connectivity index (χ3v) is 3.37. The Kier molecular flexibility index (Phi) is 11.3. The average Bonchev–Trinajstić information content (AvgIpc) is 2.26. The molecule has 0 radical (unpaired) electrons. The molecular weight excluding hydrogens is 200 g/mol. The predicted octanol–water partition coefficient (Wildman–Crippen LogP) is 3.85. The lowest BCUT2D eigenvalue weighted by Crippen LogP contribution is -2.18. The Labute approximate surface area is 101 Å². The molecular formula is C14H30O2. The number of aliphatic hydroxyl groups excluding tert-OH is 1. The van der Waals surface area contributed by atoms with Gasteiger partial charge >= 0.3 is 0 Å². The Morgan fingerprint density at radius 1 is 0.750 bits per heavy atom. The van der Waals surface area contributed by atoms with Crippen LogP contribution in [0.3, 0.4) is 0 Å². The molecule has 0 saturated carbocycles. The summed E-state index contributed by atoms with van der Waals surface area (Å²) in [5.74, 6) is 0.0834. The zero-order valence-electron chi connectivity index (χ0n) is 11.1. The first-order chi connectivity index (χ1) is 7.72. The summed E-state index contributed by atoms with van der Waals surface area (Å²) in [7, 11) is 0. The standard InChI is InChI=1S/C14H30O2/c1-3-5-6-7-8-9-10-11-12-13(4-2)14(15)16/h13-16H,3-12H2,1-2H3/t13-/m0/s1. The smallest absolute Gasteiger partial charge is 0.154 e. The van der Waals surface area contributed by atoms with E-state index in [-0.39, 0.29) is 5.92 Å². The van der Waals surface area contributed by atoms with Gasteiger partial charge in [0.15, 0.2) is 6.29 Å². The topological polar surface area (TPSA) is 40.5 Å². The summed E-state index contributed by atoms with van der Waals surface area (Å²) >= 11 is 0. The minimum atomic E-state index is -1.12. The van der Waals surface area contributed by atoms with E-state index in [4.69, 9.17) is 10.2 Å². The van der Waals surface area contributed by atoms with E-state index in [2.05, 4.69) is 6.92 Å². The van der Waals surface area contributed by atoms with Crippen LogP contribution in [-0.2, 0) is 0 Å². The second-order valence-electron chi connectivity index (χ2n) is 4.85. The third kappa shape index (κ3) is 9.17. The summed E-state index contributed by atoms with van der Waals surface area (Å²) in [6, 6.07) is 0. The molecule has 0 rings (SSSR count). The van der Waals surface area contributed by atoms with Crippen LogP contribution in [0.1, 0.15) is 78.1 Å². The Hall–Kier alpha value is -0.0800. The highest BCUT2D eigenvalue weighted by atomic mass is 16.5. The van der Waals surface area contributed by atoms with Gasteiger partial charge < -0.3 is 10.2 Å². The summed E-state index contributed by atoms with van der Waals surface area (Å²) in [5.41, 5.74) is 0. The second kappa shape index (κ2) is 11.4. The van der Waals surface area contributed by atoms with Gasteiger partial charge in [0, 0.05) is 5.92 Å². The van der Waals surface area contributed by atoms with Crippen LogP contribution in [0.15, 0.2) is 0 Å². The fourth-order valence-corrected chi connectivity index (χ4v) is 2.10. The van der Waals surface area contributed by atoms with Gasteiger partial charge in [0.25, 0.3) is 0 Å². The van der Waals surface area contributed by atoms with Crippen molar-refractivity contribution in [3.8, 4) is 0 Å². The molecule has 2 heteroatoms. The maximum Gasteiger partial charge on any atom is 0.154 e. The van der Waals surface area contributed by atoms with Crippen LogP contribution >= 0.6 is 0 Å². The third-order valence-electron chi connectivity index (χ3n) is 3.37. The summed E-state index contributed by atoms with van der Waals surface area (Å²) in [5, 5.41) is 18.1. The number of aliphatic hydroxyl groups is 2. The summed E-state index contributed by atoms with van der Waals surface area (Å²) in [6.07, 6.45) is 11.2. The summed E-state index contributed by atoms with van der Waals surface area (Å²) < 4.78 is 0. The van der Waals surface area contributed by atoms with Crippen molar-refractivity contribution >= 4 is 0 Å². The number of rotatable bonds is 11.